The van der Waals surface area contributed by atoms with Gasteiger partial charge in [-0.2, -0.15) is 10.2 Å². The number of nitrogens with zero attached hydrogens (tertiary/aromatic N) is 4. The van der Waals surface area contributed by atoms with Crippen molar-refractivity contribution in [3.05, 3.63) is 77.1 Å². The highest BCUT2D eigenvalue weighted by molar-refractivity contribution is 6.10. The van der Waals surface area contributed by atoms with Crippen LogP contribution in [0.5, 0.6) is 0 Å². The Morgan fingerprint density at radius 1 is 1.08 bits per heavy atom. The molecule has 122 valence electrons. The molecule has 0 aliphatic rings. The molecule has 0 atom stereocenters. The highest BCUT2D eigenvalue weighted by atomic mass is 16.2. The van der Waals surface area contributed by atoms with Crippen LogP contribution in [0.1, 0.15) is 10.5 Å². The lowest BCUT2D eigenvalue weighted by molar-refractivity contribution is 0.102. The van der Waals surface area contributed by atoms with Crippen molar-refractivity contribution in [3.8, 4) is 5.82 Å². The molecule has 4 aromatic rings. The molecule has 0 aliphatic carbocycles. The van der Waals surface area contributed by atoms with E-state index in [2.05, 4.69) is 25.6 Å². The van der Waals surface area contributed by atoms with Crippen LogP contribution in [-0.4, -0.2) is 30.9 Å². The van der Waals surface area contributed by atoms with E-state index in [9.17, 15) is 9.59 Å². The quantitative estimate of drug-likeness (QED) is 0.594. The summed E-state index contributed by atoms with van der Waals surface area (Å²) in [6.45, 7) is 0. The maximum absolute atomic E-state index is 12.5. The van der Waals surface area contributed by atoms with Crippen molar-refractivity contribution in [1.29, 1.82) is 0 Å². The van der Waals surface area contributed by atoms with Crippen LogP contribution in [0.2, 0.25) is 0 Å². The lowest BCUT2D eigenvalue weighted by Gasteiger charge is -2.07. The van der Waals surface area contributed by atoms with Crippen molar-refractivity contribution in [2.75, 3.05) is 5.32 Å². The van der Waals surface area contributed by atoms with Gasteiger partial charge >= 0.3 is 0 Å². The molecular formula is C17H12N6O2. The highest BCUT2D eigenvalue weighted by Crippen LogP contribution is 2.15. The van der Waals surface area contributed by atoms with E-state index >= 15 is 0 Å². The summed E-state index contributed by atoms with van der Waals surface area (Å²) in [4.78, 5) is 28.6. The van der Waals surface area contributed by atoms with Crippen LogP contribution in [0.25, 0.3) is 16.6 Å². The fourth-order valence-electron chi connectivity index (χ4n) is 2.48. The van der Waals surface area contributed by atoms with E-state index in [1.165, 1.54) is 6.20 Å². The van der Waals surface area contributed by atoms with E-state index in [4.69, 9.17) is 0 Å². The van der Waals surface area contributed by atoms with Crippen LogP contribution in [-0.2, 0) is 0 Å². The van der Waals surface area contributed by atoms with Gasteiger partial charge in [-0.25, -0.2) is 14.8 Å². The number of carbonyl (C=O) groups is 1. The SMILES string of the molecule is O=C(Nc1ccc(-n2cccn2)nc1)c1n[nH]c(=O)c2ccccc12. The summed E-state index contributed by atoms with van der Waals surface area (Å²) in [6.07, 6.45) is 4.96. The van der Waals surface area contributed by atoms with Crippen molar-refractivity contribution in [2.45, 2.75) is 0 Å². The van der Waals surface area contributed by atoms with E-state index < -0.39 is 5.91 Å². The highest BCUT2D eigenvalue weighted by Gasteiger charge is 2.14. The van der Waals surface area contributed by atoms with Crippen molar-refractivity contribution in [1.82, 2.24) is 25.0 Å². The Bertz CT molecular complexity index is 1100. The molecule has 8 heteroatoms. The van der Waals surface area contributed by atoms with Gasteiger partial charge in [-0.15, -0.1) is 0 Å². The van der Waals surface area contributed by atoms with Gasteiger partial charge in [0.05, 0.1) is 17.3 Å². The minimum Gasteiger partial charge on any atom is -0.319 e. The smallest absolute Gasteiger partial charge is 0.276 e. The van der Waals surface area contributed by atoms with Gasteiger partial charge in [-0.05, 0) is 24.3 Å². The number of nitrogens with one attached hydrogen (secondary N) is 2. The summed E-state index contributed by atoms with van der Waals surface area (Å²) >= 11 is 0. The van der Waals surface area contributed by atoms with Crippen molar-refractivity contribution in [2.24, 2.45) is 0 Å². The van der Waals surface area contributed by atoms with Crippen LogP contribution >= 0.6 is 0 Å². The van der Waals surface area contributed by atoms with Gasteiger partial charge in [0.15, 0.2) is 11.5 Å². The van der Waals surface area contributed by atoms with Gasteiger partial charge in [-0.1, -0.05) is 18.2 Å². The molecule has 0 radical (unpaired) electrons. The number of anilines is 1. The van der Waals surface area contributed by atoms with Gasteiger partial charge in [0, 0.05) is 17.8 Å². The number of pyridine rings is 1. The normalized spacial score (nSPS) is 10.7. The van der Waals surface area contributed by atoms with Gasteiger partial charge in [-0.3, -0.25) is 9.59 Å². The fraction of sp³-hybridized carbons (Fsp3) is 0. The largest absolute Gasteiger partial charge is 0.319 e. The molecule has 0 saturated carbocycles. The minimum absolute atomic E-state index is 0.145. The molecule has 1 amide bonds. The molecule has 3 aromatic heterocycles. The molecule has 8 nitrogen and oxygen atoms in total. The van der Waals surface area contributed by atoms with Gasteiger partial charge in [0.25, 0.3) is 11.5 Å². The first kappa shape index (κ1) is 14.8. The van der Waals surface area contributed by atoms with Crippen LogP contribution in [0.3, 0.4) is 0 Å². The summed E-state index contributed by atoms with van der Waals surface area (Å²) in [5, 5.41) is 13.9. The van der Waals surface area contributed by atoms with Gasteiger partial charge < -0.3 is 5.32 Å². The van der Waals surface area contributed by atoms with Crippen LogP contribution in [0.4, 0.5) is 5.69 Å². The molecule has 0 bridgehead atoms. The molecule has 2 N–H and O–H groups in total. The Labute approximate surface area is 141 Å². The molecule has 3 heterocycles. The number of fused-ring (bicyclic) bond motifs is 1. The summed E-state index contributed by atoms with van der Waals surface area (Å²) in [5.41, 5.74) is 0.321. The second-order valence-corrected chi connectivity index (χ2v) is 5.26. The number of hydrogen-bond acceptors (Lipinski definition) is 5. The number of hydrogen-bond donors (Lipinski definition) is 2. The summed E-state index contributed by atoms with van der Waals surface area (Å²) in [5.74, 6) is 0.205. The third kappa shape index (κ3) is 2.76. The van der Waals surface area contributed by atoms with E-state index in [0.29, 0.717) is 22.3 Å². The zero-order chi connectivity index (χ0) is 17.2. The van der Waals surface area contributed by atoms with Crippen LogP contribution in [0.15, 0.2) is 65.8 Å². The Morgan fingerprint density at radius 2 is 1.92 bits per heavy atom. The first-order valence-corrected chi connectivity index (χ1v) is 7.47. The average molecular weight is 332 g/mol. The van der Waals surface area contributed by atoms with Crippen molar-refractivity contribution in [3.63, 3.8) is 0 Å². The number of carbonyl (C=O) groups excluding carboxylic acids is 1. The fourth-order valence-corrected chi connectivity index (χ4v) is 2.48. The number of aromatic amines is 1. The third-order valence-corrected chi connectivity index (χ3v) is 3.66. The van der Waals surface area contributed by atoms with E-state index in [-0.39, 0.29) is 11.3 Å². The van der Waals surface area contributed by atoms with E-state index in [0.717, 1.165) is 0 Å². The number of rotatable bonds is 3. The first-order chi connectivity index (χ1) is 12.2. The minimum atomic E-state index is -0.430. The Hall–Kier alpha value is -3.81. The summed E-state index contributed by atoms with van der Waals surface area (Å²) < 4.78 is 1.61. The Kier molecular flexibility index (Phi) is 3.55. The average Bonchev–Trinajstić information content (AvgIpc) is 3.17. The zero-order valence-corrected chi connectivity index (χ0v) is 12.9. The molecule has 0 fully saturated rings. The van der Waals surface area contributed by atoms with E-state index in [1.54, 1.807) is 59.5 Å². The first-order valence-electron chi connectivity index (χ1n) is 7.47. The standard InChI is InChI=1S/C17H12N6O2/c24-16-13-5-2-1-4-12(13)15(21-22-16)17(25)20-11-6-7-14(18-10-11)23-9-3-8-19-23/h1-10H,(H,20,25)(H,22,24). The molecule has 0 saturated heterocycles. The lowest BCUT2D eigenvalue weighted by Crippen LogP contribution is -2.19. The molecular weight excluding hydrogens is 320 g/mol. The number of amides is 1. The van der Waals surface area contributed by atoms with E-state index in [1.807, 2.05) is 0 Å². The van der Waals surface area contributed by atoms with Crippen molar-refractivity contribution >= 4 is 22.4 Å². The molecule has 0 aliphatic heterocycles. The number of benzene rings is 1. The molecule has 0 spiro atoms. The predicted molar refractivity (Wildman–Crippen MR) is 91.7 cm³/mol. The molecule has 0 unspecified atom stereocenters. The number of H-pyrrole nitrogens is 1. The topological polar surface area (TPSA) is 106 Å². The zero-order valence-electron chi connectivity index (χ0n) is 12.9. The second kappa shape index (κ2) is 6.00. The predicted octanol–water partition coefficient (Wildman–Crippen LogP) is 1.76. The third-order valence-electron chi connectivity index (χ3n) is 3.66. The Balaban J connectivity index is 1.62. The monoisotopic (exact) mass is 332 g/mol. The maximum atomic E-state index is 12.5. The van der Waals surface area contributed by atoms with Gasteiger partial charge in [0.2, 0.25) is 0 Å². The maximum Gasteiger partial charge on any atom is 0.276 e. The lowest BCUT2D eigenvalue weighted by atomic mass is 10.1. The van der Waals surface area contributed by atoms with Crippen LogP contribution in [0, 0.1) is 0 Å². The summed E-state index contributed by atoms with van der Waals surface area (Å²) in [6, 6.07) is 12.1. The molecule has 4 rings (SSSR count). The second-order valence-electron chi connectivity index (χ2n) is 5.26. The van der Waals surface area contributed by atoms with Gasteiger partial charge in [0.1, 0.15) is 0 Å². The number of aromatic nitrogens is 5. The van der Waals surface area contributed by atoms with Crippen LogP contribution < -0.4 is 10.9 Å². The Morgan fingerprint density at radius 3 is 2.64 bits per heavy atom. The molecule has 1 aromatic carbocycles. The summed E-state index contributed by atoms with van der Waals surface area (Å²) in [7, 11) is 0. The van der Waals surface area contributed by atoms with Crippen molar-refractivity contribution < 1.29 is 4.79 Å². The molecule has 25 heavy (non-hydrogen) atoms.